The van der Waals surface area contributed by atoms with E-state index in [1.807, 2.05) is 36.5 Å². The van der Waals surface area contributed by atoms with Crippen molar-refractivity contribution < 1.29 is 0 Å². The summed E-state index contributed by atoms with van der Waals surface area (Å²) in [6.45, 7) is 8.44. The van der Waals surface area contributed by atoms with Crippen LogP contribution in [0.25, 0.3) is 0 Å². The van der Waals surface area contributed by atoms with E-state index in [4.69, 9.17) is 5.26 Å². The Morgan fingerprint density at radius 2 is 1.55 bits per heavy atom. The molecule has 0 aliphatic heterocycles. The molecule has 0 aromatic carbocycles. The van der Waals surface area contributed by atoms with Gasteiger partial charge in [0.25, 0.3) is 0 Å². The van der Waals surface area contributed by atoms with E-state index >= 15 is 0 Å². The van der Waals surface area contributed by atoms with E-state index in [0.29, 0.717) is 17.4 Å². The predicted molar refractivity (Wildman–Crippen MR) is 81.4 cm³/mol. The number of pyridine rings is 2. The number of aromatic nitrogens is 2. The third kappa shape index (κ3) is 5.19. The summed E-state index contributed by atoms with van der Waals surface area (Å²) in [5.41, 5.74) is 2.82. The summed E-state index contributed by atoms with van der Waals surface area (Å²) < 4.78 is 0. The van der Waals surface area contributed by atoms with E-state index < -0.39 is 0 Å². The Morgan fingerprint density at radius 1 is 0.900 bits per heavy atom. The molecule has 3 heteroatoms. The van der Waals surface area contributed by atoms with Gasteiger partial charge in [-0.3, -0.25) is 9.97 Å². The van der Waals surface area contributed by atoms with Gasteiger partial charge in [0.05, 0.1) is 5.56 Å². The number of hydrogen-bond donors (Lipinski definition) is 0. The Balaban J connectivity index is 0.000000204. The highest BCUT2D eigenvalue weighted by atomic mass is 14.7. The Kier molecular flexibility index (Phi) is 6.39. The summed E-state index contributed by atoms with van der Waals surface area (Å²) in [4.78, 5) is 8.30. The van der Waals surface area contributed by atoms with E-state index in [9.17, 15) is 0 Å². The molecule has 0 saturated heterocycles. The van der Waals surface area contributed by atoms with Crippen molar-refractivity contribution >= 4 is 0 Å². The Bertz CT molecular complexity index is 537. The monoisotopic (exact) mass is 267 g/mol. The highest BCUT2D eigenvalue weighted by molar-refractivity contribution is 5.26. The van der Waals surface area contributed by atoms with Gasteiger partial charge in [0.2, 0.25) is 0 Å². The van der Waals surface area contributed by atoms with Crippen molar-refractivity contribution in [1.29, 1.82) is 5.26 Å². The first-order valence-corrected chi connectivity index (χ1v) is 6.81. The summed E-state index contributed by atoms with van der Waals surface area (Å²) >= 11 is 0. The molecule has 0 spiro atoms. The summed E-state index contributed by atoms with van der Waals surface area (Å²) in [6.07, 6.45) is 3.44. The molecule has 3 nitrogen and oxygen atoms in total. The van der Waals surface area contributed by atoms with Gasteiger partial charge in [-0.05, 0) is 36.1 Å². The Labute approximate surface area is 121 Å². The summed E-state index contributed by atoms with van der Waals surface area (Å²) in [5, 5.41) is 8.48. The number of nitriles is 1. The lowest BCUT2D eigenvalue weighted by molar-refractivity contribution is 0.822. The molecule has 0 atom stereocenters. The fraction of sp³-hybridized carbons (Fsp3) is 0.353. The van der Waals surface area contributed by atoms with Crippen molar-refractivity contribution in [3.8, 4) is 6.07 Å². The average Bonchev–Trinajstić information content (AvgIpc) is 2.49. The molecule has 2 aromatic heterocycles. The molecule has 20 heavy (non-hydrogen) atoms. The van der Waals surface area contributed by atoms with Crippen LogP contribution in [0.2, 0.25) is 0 Å². The lowest BCUT2D eigenvalue weighted by Gasteiger charge is -2.01. The first-order valence-electron chi connectivity index (χ1n) is 6.81. The van der Waals surface area contributed by atoms with Crippen LogP contribution in [0.4, 0.5) is 0 Å². The van der Waals surface area contributed by atoms with Crippen molar-refractivity contribution in [2.75, 3.05) is 0 Å². The van der Waals surface area contributed by atoms with Crippen LogP contribution in [0, 0.1) is 11.3 Å². The van der Waals surface area contributed by atoms with Crippen molar-refractivity contribution in [2.24, 2.45) is 0 Å². The molecule has 0 radical (unpaired) electrons. The smallest absolute Gasteiger partial charge is 0.101 e. The predicted octanol–water partition coefficient (Wildman–Crippen LogP) is 4.28. The van der Waals surface area contributed by atoms with Crippen LogP contribution in [-0.2, 0) is 0 Å². The first-order chi connectivity index (χ1) is 9.54. The zero-order chi connectivity index (χ0) is 15.0. The molecule has 0 aliphatic rings. The molecular formula is C17H21N3. The molecule has 0 saturated carbocycles. The molecular weight excluding hydrogens is 246 g/mol. The van der Waals surface area contributed by atoms with Gasteiger partial charge in [-0.15, -0.1) is 0 Å². The molecule has 0 amide bonds. The van der Waals surface area contributed by atoms with Gasteiger partial charge in [0.15, 0.2) is 0 Å². The number of nitrogens with zero attached hydrogens (tertiary/aromatic N) is 3. The minimum absolute atomic E-state index is 0.433. The summed E-state index contributed by atoms with van der Waals surface area (Å²) in [6, 6.07) is 11.7. The molecule has 2 aromatic rings. The molecule has 104 valence electrons. The average molecular weight is 267 g/mol. The Hall–Kier alpha value is -2.21. The van der Waals surface area contributed by atoms with E-state index in [1.54, 1.807) is 12.3 Å². The molecule has 0 fully saturated rings. The quantitative estimate of drug-likeness (QED) is 0.816. The Morgan fingerprint density at radius 3 is 1.90 bits per heavy atom. The van der Waals surface area contributed by atoms with Crippen LogP contribution in [-0.4, -0.2) is 9.97 Å². The maximum atomic E-state index is 8.48. The lowest BCUT2D eigenvalue weighted by atomic mass is 10.1. The molecule has 0 N–H and O–H groups in total. The van der Waals surface area contributed by atoms with Gasteiger partial charge in [0.1, 0.15) is 6.07 Å². The van der Waals surface area contributed by atoms with Crippen molar-refractivity contribution in [3.05, 3.63) is 59.7 Å². The van der Waals surface area contributed by atoms with Crippen molar-refractivity contribution in [1.82, 2.24) is 9.97 Å². The van der Waals surface area contributed by atoms with E-state index in [-0.39, 0.29) is 0 Å². The highest BCUT2D eigenvalue weighted by Gasteiger charge is 1.98. The molecule has 0 unspecified atom stereocenters. The van der Waals surface area contributed by atoms with Gasteiger partial charge in [-0.2, -0.15) is 5.26 Å². The zero-order valence-electron chi connectivity index (χ0n) is 12.5. The summed E-state index contributed by atoms with van der Waals surface area (Å²) in [5.74, 6) is 0.981. The molecule has 2 heterocycles. The second-order valence-electron chi connectivity index (χ2n) is 5.15. The standard InChI is InChI=1S/C9H10N2.C8H11N/c1-7(2)9-4-3-8(5-10)6-11-9;1-7(2)8-5-3-4-6-9-8/h3-4,6-7H,1-2H3;3-7H,1-2H3. The van der Waals surface area contributed by atoms with Crippen LogP contribution in [0.15, 0.2) is 42.7 Å². The molecule has 0 aliphatic carbocycles. The SMILES string of the molecule is CC(C)c1ccc(C#N)cn1.CC(C)c1ccccn1. The van der Waals surface area contributed by atoms with Gasteiger partial charge in [-0.1, -0.05) is 33.8 Å². The highest BCUT2D eigenvalue weighted by Crippen LogP contribution is 2.10. The van der Waals surface area contributed by atoms with Crippen LogP contribution >= 0.6 is 0 Å². The first kappa shape index (κ1) is 15.8. The normalized spacial score (nSPS) is 9.85. The summed E-state index contributed by atoms with van der Waals surface area (Å²) in [7, 11) is 0. The van der Waals surface area contributed by atoms with Crippen LogP contribution in [0.5, 0.6) is 0 Å². The van der Waals surface area contributed by atoms with Crippen molar-refractivity contribution in [2.45, 2.75) is 39.5 Å². The minimum atomic E-state index is 0.433. The van der Waals surface area contributed by atoms with Crippen LogP contribution < -0.4 is 0 Å². The second-order valence-corrected chi connectivity index (χ2v) is 5.15. The van der Waals surface area contributed by atoms with Crippen LogP contribution in [0.1, 0.15) is 56.5 Å². The lowest BCUT2D eigenvalue weighted by Crippen LogP contribution is -1.91. The molecule has 2 rings (SSSR count). The van der Waals surface area contributed by atoms with E-state index in [0.717, 1.165) is 11.4 Å². The third-order valence-corrected chi connectivity index (χ3v) is 2.79. The van der Waals surface area contributed by atoms with Gasteiger partial charge < -0.3 is 0 Å². The van der Waals surface area contributed by atoms with Gasteiger partial charge >= 0.3 is 0 Å². The van der Waals surface area contributed by atoms with Gasteiger partial charge in [0, 0.05) is 23.8 Å². The van der Waals surface area contributed by atoms with E-state index in [1.165, 1.54) is 0 Å². The van der Waals surface area contributed by atoms with Crippen LogP contribution in [0.3, 0.4) is 0 Å². The zero-order valence-corrected chi connectivity index (χ0v) is 12.5. The third-order valence-electron chi connectivity index (χ3n) is 2.79. The fourth-order valence-electron chi connectivity index (χ4n) is 1.53. The number of hydrogen-bond acceptors (Lipinski definition) is 3. The minimum Gasteiger partial charge on any atom is -0.261 e. The number of rotatable bonds is 2. The topological polar surface area (TPSA) is 49.6 Å². The van der Waals surface area contributed by atoms with Crippen molar-refractivity contribution in [3.63, 3.8) is 0 Å². The maximum absolute atomic E-state index is 8.48. The molecule has 0 bridgehead atoms. The van der Waals surface area contributed by atoms with E-state index in [2.05, 4.69) is 37.7 Å². The largest absolute Gasteiger partial charge is 0.261 e. The maximum Gasteiger partial charge on any atom is 0.101 e. The van der Waals surface area contributed by atoms with Gasteiger partial charge in [-0.25, -0.2) is 0 Å². The fourth-order valence-corrected chi connectivity index (χ4v) is 1.53. The second kappa shape index (κ2) is 8.06.